The molecule has 1 N–H and O–H groups in total. The van der Waals surface area contributed by atoms with Gasteiger partial charge >= 0.3 is 0 Å². The molecule has 0 spiro atoms. The average Bonchev–Trinajstić information content (AvgIpc) is 3.43. The van der Waals surface area contributed by atoms with Gasteiger partial charge in [0.15, 0.2) is 0 Å². The predicted molar refractivity (Wildman–Crippen MR) is 100 cm³/mol. The van der Waals surface area contributed by atoms with Crippen molar-refractivity contribution in [1.82, 2.24) is 10.2 Å². The SMILES string of the molecule is COc1ccc(OC)c(CN(C(=O)CC2CC3CCC(C2)N3)C2CC2)c1. The van der Waals surface area contributed by atoms with E-state index in [2.05, 4.69) is 10.2 Å². The Bertz CT molecular complexity index is 647. The number of hydrogen-bond acceptors (Lipinski definition) is 4. The first kappa shape index (κ1) is 17.7. The van der Waals surface area contributed by atoms with Gasteiger partial charge in [-0.25, -0.2) is 0 Å². The molecule has 5 nitrogen and oxygen atoms in total. The van der Waals surface area contributed by atoms with Crippen LogP contribution in [0.25, 0.3) is 0 Å². The molecule has 2 unspecified atom stereocenters. The van der Waals surface area contributed by atoms with E-state index in [1.54, 1.807) is 14.2 Å². The van der Waals surface area contributed by atoms with Gasteiger partial charge in [-0.05, 0) is 62.6 Å². The highest BCUT2D eigenvalue weighted by atomic mass is 16.5. The molecule has 3 aliphatic rings. The number of methoxy groups -OCH3 is 2. The second kappa shape index (κ2) is 7.47. The van der Waals surface area contributed by atoms with E-state index in [4.69, 9.17) is 9.47 Å². The number of ether oxygens (including phenoxy) is 2. The number of amides is 1. The lowest BCUT2D eigenvalue weighted by atomic mass is 9.89. The van der Waals surface area contributed by atoms with Gasteiger partial charge in [0.2, 0.25) is 5.91 Å². The maximum absolute atomic E-state index is 13.1. The molecule has 0 radical (unpaired) electrons. The molecule has 2 aliphatic heterocycles. The number of piperidine rings is 1. The van der Waals surface area contributed by atoms with Crippen molar-refractivity contribution < 1.29 is 14.3 Å². The highest BCUT2D eigenvalue weighted by Gasteiger charge is 2.37. The fraction of sp³-hybridized carbons (Fsp3) is 0.667. The summed E-state index contributed by atoms with van der Waals surface area (Å²) in [5.41, 5.74) is 1.03. The minimum Gasteiger partial charge on any atom is -0.497 e. The van der Waals surface area contributed by atoms with Crippen molar-refractivity contribution in [3.8, 4) is 11.5 Å². The van der Waals surface area contributed by atoms with Crippen LogP contribution < -0.4 is 14.8 Å². The molecule has 5 heteroatoms. The molecule has 3 fully saturated rings. The number of nitrogens with one attached hydrogen (secondary N) is 1. The lowest BCUT2D eigenvalue weighted by molar-refractivity contribution is -0.133. The minimum absolute atomic E-state index is 0.309. The largest absolute Gasteiger partial charge is 0.497 e. The molecule has 2 bridgehead atoms. The Morgan fingerprint density at radius 1 is 1.12 bits per heavy atom. The van der Waals surface area contributed by atoms with Gasteiger partial charge in [-0.15, -0.1) is 0 Å². The molecule has 2 atom stereocenters. The Balaban J connectivity index is 1.45. The maximum Gasteiger partial charge on any atom is 0.223 e. The Morgan fingerprint density at radius 2 is 1.85 bits per heavy atom. The smallest absolute Gasteiger partial charge is 0.223 e. The number of nitrogens with zero attached hydrogens (tertiary/aromatic N) is 1. The van der Waals surface area contributed by atoms with E-state index < -0.39 is 0 Å². The third-order valence-corrected chi connectivity index (χ3v) is 6.17. The molecule has 1 saturated carbocycles. The molecule has 4 rings (SSSR count). The summed E-state index contributed by atoms with van der Waals surface area (Å²) in [4.78, 5) is 15.2. The second-order valence-corrected chi connectivity index (χ2v) is 8.11. The molecule has 2 heterocycles. The van der Waals surface area contributed by atoms with Gasteiger partial charge in [-0.3, -0.25) is 4.79 Å². The first-order chi connectivity index (χ1) is 12.7. The van der Waals surface area contributed by atoms with Crippen LogP contribution in [0.5, 0.6) is 11.5 Å². The summed E-state index contributed by atoms with van der Waals surface area (Å²) in [6, 6.07) is 7.49. The summed E-state index contributed by atoms with van der Waals surface area (Å²) in [5, 5.41) is 3.67. The summed E-state index contributed by atoms with van der Waals surface area (Å²) in [6.07, 6.45) is 7.81. The van der Waals surface area contributed by atoms with Crippen molar-refractivity contribution in [2.75, 3.05) is 14.2 Å². The molecular weight excluding hydrogens is 328 g/mol. The van der Waals surface area contributed by atoms with Crippen molar-refractivity contribution in [3.63, 3.8) is 0 Å². The zero-order chi connectivity index (χ0) is 18.1. The lowest BCUT2D eigenvalue weighted by Crippen LogP contribution is -2.41. The third kappa shape index (κ3) is 3.83. The van der Waals surface area contributed by atoms with Crippen molar-refractivity contribution in [1.29, 1.82) is 0 Å². The summed E-state index contributed by atoms with van der Waals surface area (Å²) in [5.74, 6) is 2.47. The fourth-order valence-electron chi connectivity index (χ4n) is 4.70. The van der Waals surface area contributed by atoms with E-state index in [0.717, 1.165) is 42.7 Å². The molecule has 1 aromatic rings. The Morgan fingerprint density at radius 3 is 2.46 bits per heavy atom. The average molecular weight is 358 g/mol. The van der Waals surface area contributed by atoms with E-state index in [-0.39, 0.29) is 0 Å². The monoisotopic (exact) mass is 358 g/mol. The third-order valence-electron chi connectivity index (χ3n) is 6.17. The molecule has 1 amide bonds. The molecule has 0 aromatic heterocycles. The number of carbonyl (C=O) groups excluding carboxylic acids is 1. The van der Waals surface area contributed by atoms with Gasteiger partial charge in [-0.2, -0.15) is 0 Å². The number of hydrogen-bond donors (Lipinski definition) is 1. The molecule has 2 saturated heterocycles. The van der Waals surface area contributed by atoms with E-state index >= 15 is 0 Å². The van der Waals surface area contributed by atoms with Crippen molar-refractivity contribution in [2.45, 2.75) is 69.6 Å². The van der Waals surface area contributed by atoms with Crippen LogP contribution in [-0.2, 0) is 11.3 Å². The molecule has 1 aliphatic carbocycles. The predicted octanol–water partition coefficient (Wildman–Crippen LogP) is 3.12. The van der Waals surface area contributed by atoms with Crippen molar-refractivity contribution in [3.05, 3.63) is 23.8 Å². The zero-order valence-electron chi connectivity index (χ0n) is 15.9. The van der Waals surface area contributed by atoms with Crippen LogP contribution in [0.1, 0.15) is 50.5 Å². The molecule has 1 aromatic carbocycles. The van der Waals surface area contributed by atoms with Gasteiger partial charge in [0, 0.05) is 36.7 Å². The fourth-order valence-corrected chi connectivity index (χ4v) is 4.70. The quantitative estimate of drug-likeness (QED) is 0.814. The zero-order valence-corrected chi connectivity index (χ0v) is 15.9. The minimum atomic E-state index is 0.309. The first-order valence-electron chi connectivity index (χ1n) is 9.92. The van der Waals surface area contributed by atoms with Crippen LogP contribution in [0.4, 0.5) is 0 Å². The van der Waals surface area contributed by atoms with E-state index in [1.165, 1.54) is 12.8 Å². The van der Waals surface area contributed by atoms with Gasteiger partial charge in [0.1, 0.15) is 11.5 Å². The normalized spacial score (nSPS) is 27.2. The van der Waals surface area contributed by atoms with Gasteiger partial charge < -0.3 is 19.7 Å². The van der Waals surface area contributed by atoms with Crippen LogP contribution in [0.15, 0.2) is 18.2 Å². The van der Waals surface area contributed by atoms with Gasteiger partial charge in [0.25, 0.3) is 0 Å². The Hall–Kier alpha value is -1.75. The summed E-state index contributed by atoms with van der Waals surface area (Å²) in [6.45, 7) is 0.613. The molecule has 26 heavy (non-hydrogen) atoms. The Labute approximate surface area is 156 Å². The maximum atomic E-state index is 13.1. The topological polar surface area (TPSA) is 50.8 Å². The van der Waals surface area contributed by atoms with Crippen LogP contribution in [0.3, 0.4) is 0 Å². The highest BCUT2D eigenvalue weighted by molar-refractivity contribution is 5.77. The second-order valence-electron chi connectivity index (χ2n) is 8.11. The number of fused-ring (bicyclic) bond motifs is 2. The number of carbonyl (C=O) groups is 1. The summed E-state index contributed by atoms with van der Waals surface area (Å²) >= 11 is 0. The van der Waals surface area contributed by atoms with Crippen LogP contribution >= 0.6 is 0 Å². The molecular formula is C21H30N2O3. The lowest BCUT2D eigenvalue weighted by Gasteiger charge is -2.31. The number of rotatable bonds is 7. The van der Waals surface area contributed by atoms with Crippen molar-refractivity contribution in [2.24, 2.45) is 5.92 Å². The van der Waals surface area contributed by atoms with Crippen LogP contribution in [0, 0.1) is 5.92 Å². The standard InChI is InChI=1S/C21H30N2O3/c1-25-19-7-8-20(26-2)15(12-19)13-23(18-5-6-18)21(24)11-14-9-16-3-4-17(10-14)22-16/h7-8,12,14,16-18,22H,3-6,9-11,13H2,1-2H3. The van der Waals surface area contributed by atoms with E-state index in [0.29, 0.717) is 42.9 Å². The molecule has 142 valence electrons. The van der Waals surface area contributed by atoms with Gasteiger partial charge in [-0.1, -0.05) is 0 Å². The first-order valence-corrected chi connectivity index (χ1v) is 9.92. The number of benzene rings is 1. The van der Waals surface area contributed by atoms with E-state index in [9.17, 15) is 4.79 Å². The summed E-state index contributed by atoms with van der Waals surface area (Å²) in [7, 11) is 3.35. The Kier molecular flexibility index (Phi) is 5.07. The van der Waals surface area contributed by atoms with E-state index in [1.807, 2.05) is 18.2 Å². The van der Waals surface area contributed by atoms with Crippen molar-refractivity contribution >= 4 is 5.91 Å². The summed E-state index contributed by atoms with van der Waals surface area (Å²) < 4.78 is 10.9. The highest BCUT2D eigenvalue weighted by Crippen LogP contribution is 2.36. The van der Waals surface area contributed by atoms with Crippen LogP contribution in [-0.4, -0.2) is 43.2 Å². The van der Waals surface area contributed by atoms with Crippen LogP contribution in [0.2, 0.25) is 0 Å². The van der Waals surface area contributed by atoms with Gasteiger partial charge in [0.05, 0.1) is 14.2 Å².